The summed E-state index contributed by atoms with van der Waals surface area (Å²) in [6, 6.07) is 18.4. The number of nitriles is 1. The van der Waals surface area contributed by atoms with E-state index in [1.807, 2.05) is 35.4 Å². The summed E-state index contributed by atoms with van der Waals surface area (Å²) in [6.45, 7) is 6.15. The predicted molar refractivity (Wildman–Crippen MR) is 128 cm³/mol. The van der Waals surface area contributed by atoms with Crippen molar-refractivity contribution in [3.63, 3.8) is 0 Å². The molecule has 1 aliphatic rings. The normalized spacial score (nSPS) is 17.7. The highest BCUT2D eigenvalue weighted by Crippen LogP contribution is 2.36. The van der Waals surface area contributed by atoms with Crippen molar-refractivity contribution in [2.24, 2.45) is 0 Å². The molecule has 1 amide bonds. The maximum Gasteiger partial charge on any atom is 0.236 e. The van der Waals surface area contributed by atoms with Crippen molar-refractivity contribution in [1.29, 1.82) is 5.26 Å². The maximum absolute atomic E-state index is 13.2. The number of benzene rings is 2. The smallest absolute Gasteiger partial charge is 0.236 e. The molecule has 1 unspecified atom stereocenters. The van der Waals surface area contributed by atoms with Gasteiger partial charge in [0.2, 0.25) is 5.91 Å². The summed E-state index contributed by atoms with van der Waals surface area (Å²) < 4.78 is 0. The van der Waals surface area contributed by atoms with Crippen LogP contribution in [-0.4, -0.2) is 45.3 Å². The van der Waals surface area contributed by atoms with Gasteiger partial charge in [-0.1, -0.05) is 49.7 Å². The zero-order valence-electron chi connectivity index (χ0n) is 19.4. The monoisotopic (exact) mass is 441 g/mol. The third-order valence-electron chi connectivity index (χ3n) is 6.58. The van der Waals surface area contributed by atoms with Gasteiger partial charge in [0, 0.05) is 19.3 Å². The van der Waals surface area contributed by atoms with E-state index in [1.54, 1.807) is 6.33 Å². The Morgan fingerprint density at radius 1 is 1.21 bits per heavy atom. The number of H-pyrrole nitrogens is 1. The molecular formula is C27H31N5O. The number of aromatic amines is 1. The molecule has 1 aromatic heterocycles. The number of amides is 1. The van der Waals surface area contributed by atoms with Gasteiger partial charge in [0.25, 0.3) is 0 Å². The van der Waals surface area contributed by atoms with Crippen LogP contribution >= 0.6 is 0 Å². The number of imidazole rings is 1. The van der Waals surface area contributed by atoms with Gasteiger partial charge in [0.1, 0.15) is 0 Å². The second-order valence-corrected chi connectivity index (χ2v) is 8.77. The minimum absolute atomic E-state index is 0.0395. The maximum atomic E-state index is 13.2. The molecule has 33 heavy (non-hydrogen) atoms. The van der Waals surface area contributed by atoms with Gasteiger partial charge < -0.3 is 9.88 Å². The van der Waals surface area contributed by atoms with Crippen LogP contribution in [0.15, 0.2) is 61.1 Å². The van der Waals surface area contributed by atoms with Crippen LogP contribution < -0.4 is 0 Å². The lowest BCUT2D eigenvalue weighted by atomic mass is 9.92. The summed E-state index contributed by atoms with van der Waals surface area (Å²) in [4.78, 5) is 25.1. The van der Waals surface area contributed by atoms with Crippen LogP contribution in [-0.2, 0) is 11.2 Å². The first kappa shape index (κ1) is 22.8. The standard InChI is InChI=1S/C27H31N5O/c1-3-4-13-31-17-26(23-8-6-5-7-20(23)2)32(18-27(31)33)25(24-16-29-19-30-24)14-21-9-11-22(15-28)12-10-21/h5-12,16,19,25-26H,3-4,13-14,17-18H2,1-2H3,(H,29,30)/t25?,26-/m1/s1. The number of carbonyl (C=O) groups is 1. The summed E-state index contributed by atoms with van der Waals surface area (Å²) in [7, 11) is 0. The average Bonchev–Trinajstić information content (AvgIpc) is 3.37. The zero-order valence-corrected chi connectivity index (χ0v) is 19.4. The molecule has 0 bridgehead atoms. The lowest BCUT2D eigenvalue weighted by Gasteiger charge is -2.45. The summed E-state index contributed by atoms with van der Waals surface area (Å²) in [5.41, 5.74) is 5.26. The van der Waals surface area contributed by atoms with E-state index in [-0.39, 0.29) is 18.0 Å². The Labute approximate surface area is 195 Å². The van der Waals surface area contributed by atoms with Gasteiger partial charge in [-0.15, -0.1) is 0 Å². The van der Waals surface area contributed by atoms with Crippen LogP contribution in [0.1, 0.15) is 59.8 Å². The highest BCUT2D eigenvalue weighted by atomic mass is 16.2. The van der Waals surface area contributed by atoms with E-state index in [4.69, 9.17) is 5.26 Å². The van der Waals surface area contributed by atoms with Gasteiger partial charge in [-0.05, 0) is 48.6 Å². The second kappa shape index (κ2) is 10.5. The molecular weight excluding hydrogens is 410 g/mol. The van der Waals surface area contributed by atoms with E-state index in [0.29, 0.717) is 18.7 Å². The van der Waals surface area contributed by atoms with Crippen molar-refractivity contribution in [3.05, 3.63) is 89.0 Å². The number of piperazine rings is 1. The molecule has 0 radical (unpaired) electrons. The SMILES string of the molecule is CCCCN1C[C@H](c2ccccc2C)N(C(Cc2ccc(C#N)cc2)c2cnc[nH]2)CC1=O. The Morgan fingerprint density at radius 3 is 2.67 bits per heavy atom. The molecule has 1 fully saturated rings. The van der Waals surface area contributed by atoms with E-state index in [2.05, 4.69) is 59.1 Å². The fraction of sp³-hybridized carbons (Fsp3) is 0.370. The van der Waals surface area contributed by atoms with Gasteiger partial charge in [-0.3, -0.25) is 9.69 Å². The van der Waals surface area contributed by atoms with Gasteiger partial charge in [-0.2, -0.15) is 5.26 Å². The van der Waals surface area contributed by atoms with E-state index in [0.717, 1.165) is 37.1 Å². The van der Waals surface area contributed by atoms with Crippen LogP contribution in [0.5, 0.6) is 0 Å². The molecule has 0 aliphatic carbocycles. The molecule has 170 valence electrons. The number of hydrogen-bond acceptors (Lipinski definition) is 4. The minimum Gasteiger partial charge on any atom is -0.347 e. The number of unbranched alkanes of at least 4 members (excludes halogenated alkanes) is 1. The zero-order chi connectivity index (χ0) is 23.2. The highest BCUT2D eigenvalue weighted by Gasteiger charge is 2.38. The largest absolute Gasteiger partial charge is 0.347 e. The number of hydrogen-bond donors (Lipinski definition) is 1. The first-order chi connectivity index (χ1) is 16.1. The second-order valence-electron chi connectivity index (χ2n) is 8.77. The van der Waals surface area contributed by atoms with E-state index in [1.165, 1.54) is 11.1 Å². The molecule has 6 nitrogen and oxygen atoms in total. The summed E-state index contributed by atoms with van der Waals surface area (Å²) in [5, 5.41) is 9.15. The lowest BCUT2D eigenvalue weighted by Crippen LogP contribution is -2.53. The molecule has 2 atom stereocenters. The molecule has 0 saturated carbocycles. The number of nitrogens with zero attached hydrogens (tertiary/aromatic N) is 4. The first-order valence-corrected chi connectivity index (χ1v) is 11.7. The quantitative estimate of drug-likeness (QED) is 0.556. The summed E-state index contributed by atoms with van der Waals surface area (Å²) >= 11 is 0. The van der Waals surface area contributed by atoms with Crippen molar-refractivity contribution in [3.8, 4) is 6.07 Å². The molecule has 4 rings (SSSR count). The Balaban J connectivity index is 1.71. The molecule has 1 N–H and O–H groups in total. The van der Waals surface area contributed by atoms with Crippen molar-refractivity contribution in [2.45, 2.75) is 45.2 Å². The van der Waals surface area contributed by atoms with Crippen LogP contribution in [0, 0.1) is 18.3 Å². The number of carbonyl (C=O) groups excluding carboxylic acids is 1. The van der Waals surface area contributed by atoms with Gasteiger partial charge in [-0.25, -0.2) is 4.98 Å². The lowest BCUT2D eigenvalue weighted by molar-refractivity contribution is -0.140. The van der Waals surface area contributed by atoms with Crippen molar-refractivity contribution in [1.82, 2.24) is 19.8 Å². The third-order valence-corrected chi connectivity index (χ3v) is 6.58. The Morgan fingerprint density at radius 2 is 2.00 bits per heavy atom. The van der Waals surface area contributed by atoms with E-state index in [9.17, 15) is 4.79 Å². The fourth-order valence-corrected chi connectivity index (χ4v) is 4.71. The summed E-state index contributed by atoms with van der Waals surface area (Å²) in [5.74, 6) is 0.178. The Kier molecular flexibility index (Phi) is 7.21. The molecule has 3 aromatic rings. The van der Waals surface area contributed by atoms with E-state index >= 15 is 0 Å². The highest BCUT2D eigenvalue weighted by molar-refractivity contribution is 5.79. The number of aryl methyl sites for hydroxylation is 1. The van der Waals surface area contributed by atoms with Crippen LogP contribution in [0.25, 0.3) is 0 Å². The minimum atomic E-state index is -0.0395. The van der Waals surface area contributed by atoms with Crippen LogP contribution in [0.3, 0.4) is 0 Å². The Hall–Kier alpha value is -3.43. The number of aromatic nitrogens is 2. The molecule has 1 aliphatic heterocycles. The Bertz CT molecular complexity index is 1100. The molecule has 6 heteroatoms. The van der Waals surface area contributed by atoms with Crippen LogP contribution in [0.2, 0.25) is 0 Å². The van der Waals surface area contributed by atoms with E-state index < -0.39 is 0 Å². The summed E-state index contributed by atoms with van der Waals surface area (Å²) in [6.07, 6.45) is 6.36. The fourth-order valence-electron chi connectivity index (χ4n) is 4.71. The van der Waals surface area contributed by atoms with Crippen LogP contribution in [0.4, 0.5) is 0 Å². The molecule has 1 saturated heterocycles. The van der Waals surface area contributed by atoms with Crippen molar-refractivity contribution in [2.75, 3.05) is 19.6 Å². The van der Waals surface area contributed by atoms with Gasteiger partial charge >= 0.3 is 0 Å². The van der Waals surface area contributed by atoms with Gasteiger partial charge in [0.15, 0.2) is 0 Å². The third kappa shape index (κ3) is 5.15. The number of rotatable bonds is 8. The van der Waals surface area contributed by atoms with Crippen molar-refractivity contribution >= 4 is 5.91 Å². The topological polar surface area (TPSA) is 76.0 Å². The van der Waals surface area contributed by atoms with Crippen molar-refractivity contribution < 1.29 is 4.79 Å². The first-order valence-electron chi connectivity index (χ1n) is 11.7. The molecule has 2 aromatic carbocycles. The average molecular weight is 442 g/mol. The van der Waals surface area contributed by atoms with Gasteiger partial charge in [0.05, 0.1) is 42.3 Å². The molecule has 2 heterocycles. The predicted octanol–water partition coefficient (Wildman–Crippen LogP) is 4.56. The molecule has 0 spiro atoms. The number of nitrogens with one attached hydrogen (secondary N) is 1.